The van der Waals surface area contributed by atoms with Gasteiger partial charge in [-0.2, -0.15) is 4.98 Å². The quantitative estimate of drug-likeness (QED) is 0.462. The molecular weight excluding hydrogens is 390 g/mol. The van der Waals surface area contributed by atoms with E-state index in [1.165, 1.54) is 12.1 Å². The second-order valence-corrected chi connectivity index (χ2v) is 8.20. The molecule has 0 aliphatic rings. The molecule has 0 radical (unpaired) electrons. The Morgan fingerprint density at radius 3 is 2.52 bits per heavy atom. The van der Waals surface area contributed by atoms with Gasteiger partial charge in [0.2, 0.25) is 16.0 Å². The Morgan fingerprint density at radius 2 is 1.83 bits per heavy atom. The molecule has 10 heteroatoms. The van der Waals surface area contributed by atoms with Crippen molar-refractivity contribution in [2.45, 2.75) is 4.90 Å². The SMILES string of the molecule is CN(C)c1ccc(-c2nc(Nc3cccc(S(N)(=O)=O)c3)nc3[nH]cnc23)cc1. The van der Waals surface area contributed by atoms with Gasteiger partial charge < -0.3 is 15.2 Å². The molecule has 2 aromatic carbocycles. The summed E-state index contributed by atoms with van der Waals surface area (Å²) < 4.78 is 23.2. The number of aromatic amines is 1. The van der Waals surface area contributed by atoms with Crippen LogP contribution in [0, 0.1) is 0 Å². The fourth-order valence-electron chi connectivity index (χ4n) is 2.89. The molecule has 0 saturated carbocycles. The first-order valence-corrected chi connectivity index (χ1v) is 10.2. The van der Waals surface area contributed by atoms with E-state index in [0.717, 1.165) is 11.3 Å². The predicted octanol–water partition coefficient (Wildman–Crippen LogP) is 2.48. The third-order valence-corrected chi connectivity index (χ3v) is 5.27. The number of hydrogen-bond acceptors (Lipinski definition) is 7. The zero-order valence-corrected chi connectivity index (χ0v) is 16.6. The van der Waals surface area contributed by atoms with Crippen LogP contribution in [0.2, 0.25) is 0 Å². The van der Waals surface area contributed by atoms with E-state index in [-0.39, 0.29) is 4.90 Å². The Kier molecular flexibility index (Phi) is 4.65. The van der Waals surface area contributed by atoms with Gasteiger partial charge in [0.15, 0.2) is 5.65 Å². The van der Waals surface area contributed by atoms with Gasteiger partial charge in [-0.05, 0) is 30.3 Å². The van der Waals surface area contributed by atoms with E-state index in [2.05, 4.69) is 25.3 Å². The summed E-state index contributed by atoms with van der Waals surface area (Å²) in [6, 6.07) is 14.1. The second-order valence-electron chi connectivity index (χ2n) is 6.63. The van der Waals surface area contributed by atoms with Gasteiger partial charge in [0.05, 0.1) is 11.2 Å². The Labute approximate surface area is 167 Å². The first-order valence-electron chi connectivity index (χ1n) is 8.70. The lowest BCUT2D eigenvalue weighted by Gasteiger charge is -2.13. The highest BCUT2D eigenvalue weighted by Crippen LogP contribution is 2.28. The molecule has 9 nitrogen and oxygen atoms in total. The van der Waals surface area contributed by atoms with Gasteiger partial charge in [0, 0.05) is 31.0 Å². The van der Waals surface area contributed by atoms with Crippen LogP contribution < -0.4 is 15.4 Å². The Bertz CT molecular complexity index is 1280. The number of aromatic nitrogens is 4. The van der Waals surface area contributed by atoms with Crippen molar-refractivity contribution in [2.75, 3.05) is 24.3 Å². The molecule has 148 valence electrons. The zero-order valence-electron chi connectivity index (χ0n) is 15.8. The minimum Gasteiger partial charge on any atom is -0.378 e. The van der Waals surface area contributed by atoms with E-state index in [9.17, 15) is 8.42 Å². The lowest BCUT2D eigenvalue weighted by molar-refractivity contribution is 0.598. The number of nitrogens with one attached hydrogen (secondary N) is 2. The van der Waals surface area contributed by atoms with Gasteiger partial charge in [0.1, 0.15) is 11.2 Å². The smallest absolute Gasteiger partial charge is 0.238 e. The van der Waals surface area contributed by atoms with E-state index < -0.39 is 10.0 Å². The Balaban J connectivity index is 1.75. The van der Waals surface area contributed by atoms with Crippen LogP contribution >= 0.6 is 0 Å². The number of H-pyrrole nitrogens is 1. The summed E-state index contributed by atoms with van der Waals surface area (Å²) in [5.41, 5.74) is 4.33. The fourth-order valence-corrected chi connectivity index (χ4v) is 3.45. The van der Waals surface area contributed by atoms with E-state index in [4.69, 9.17) is 5.14 Å². The fraction of sp³-hybridized carbons (Fsp3) is 0.105. The minimum absolute atomic E-state index is 0.00427. The maximum absolute atomic E-state index is 11.6. The average Bonchev–Trinajstić information content (AvgIpc) is 3.15. The molecule has 2 heterocycles. The summed E-state index contributed by atoms with van der Waals surface area (Å²) in [7, 11) is 0.144. The summed E-state index contributed by atoms with van der Waals surface area (Å²) in [6.07, 6.45) is 1.56. The molecule has 0 amide bonds. The van der Waals surface area contributed by atoms with Crippen LogP contribution in [0.1, 0.15) is 0 Å². The number of fused-ring (bicyclic) bond motifs is 1. The summed E-state index contributed by atoms with van der Waals surface area (Å²) in [6.45, 7) is 0. The number of primary sulfonamides is 1. The molecule has 0 spiro atoms. The Hall–Kier alpha value is -3.50. The first kappa shape index (κ1) is 18.8. The molecule has 0 bridgehead atoms. The number of imidazole rings is 1. The van der Waals surface area contributed by atoms with Crippen molar-refractivity contribution >= 4 is 38.5 Å². The topological polar surface area (TPSA) is 130 Å². The van der Waals surface area contributed by atoms with Gasteiger partial charge in [-0.3, -0.25) is 0 Å². The van der Waals surface area contributed by atoms with Crippen LogP contribution in [0.15, 0.2) is 59.8 Å². The average molecular weight is 409 g/mol. The molecule has 2 aromatic heterocycles. The Morgan fingerprint density at radius 1 is 1.07 bits per heavy atom. The van der Waals surface area contributed by atoms with Crippen LogP contribution in [0.4, 0.5) is 17.3 Å². The van der Waals surface area contributed by atoms with Crippen LogP contribution in [0.3, 0.4) is 0 Å². The summed E-state index contributed by atoms with van der Waals surface area (Å²) >= 11 is 0. The van der Waals surface area contributed by atoms with Crippen LogP contribution in [0.5, 0.6) is 0 Å². The van der Waals surface area contributed by atoms with E-state index in [1.807, 2.05) is 43.3 Å². The monoisotopic (exact) mass is 409 g/mol. The highest BCUT2D eigenvalue weighted by Gasteiger charge is 2.14. The second kappa shape index (κ2) is 7.15. The van der Waals surface area contributed by atoms with E-state index >= 15 is 0 Å². The third-order valence-electron chi connectivity index (χ3n) is 4.35. The highest BCUT2D eigenvalue weighted by atomic mass is 32.2. The number of sulfonamides is 1. The van der Waals surface area contributed by atoms with Gasteiger partial charge in [-0.15, -0.1) is 0 Å². The lowest BCUT2D eigenvalue weighted by Crippen LogP contribution is -2.12. The summed E-state index contributed by atoms with van der Waals surface area (Å²) in [5, 5.41) is 8.25. The number of nitrogens with zero attached hydrogens (tertiary/aromatic N) is 4. The van der Waals surface area contributed by atoms with Gasteiger partial charge in [0.25, 0.3) is 0 Å². The van der Waals surface area contributed by atoms with Crippen molar-refractivity contribution in [3.63, 3.8) is 0 Å². The molecular formula is C19H19N7O2S. The standard InChI is InChI=1S/C19H19N7O2S/c1-26(2)14-8-6-12(7-9-14)16-17-18(22-11-21-17)25-19(24-16)23-13-4-3-5-15(10-13)29(20,27)28/h3-11H,1-2H3,(H2,20,27,28)(H2,21,22,23,24,25). The van der Waals surface area contributed by atoms with Crippen molar-refractivity contribution in [1.82, 2.24) is 19.9 Å². The van der Waals surface area contributed by atoms with Gasteiger partial charge in [-0.1, -0.05) is 18.2 Å². The van der Waals surface area contributed by atoms with Crippen molar-refractivity contribution in [3.05, 3.63) is 54.9 Å². The number of rotatable bonds is 5. The lowest BCUT2D eigenvalue weighted by atomic mass is 10.1. The molecule has 0 saturated heterocycles. The number of nitrogens with two attached hydrogens (primary N) is 1. The summed E-state index contributed by atoms with van der Waals surface area (Å²) in [5.74, 6) is 0.306. The number of anilines is 3. The molecule has 4 aromatic rings. The highest BCUT2D eigenvalue weighted by molar-refractivity contribution is 7.89. The predicted molar refractivity (Wildman–Crippen MR) is 113 cm³/mol. The molecule has 29 heavy (non-hydrogen) atoms. The maximum Gasteiger partial charge on any atom is 0.238 e. The largest absolute Gasteiger partial charge is 0.378 e. The molecule has 4 N–H and O–H groups in total. The van der Waals surface area contributed by atoms with Crippen LogP contribution in [0.25, 0.3) is 22.4 Å². The molecule has 4 rings (SSSR count). The van der Waals surface area contributed by atoms with E-state index in [1.54, 1.807) is 18.5 Å². The molecule has 0 atom stereocenters. The van der Waals surface area contributed by atoms with Crippen molar-refractivity contribution in [1.29, 1.82) is 0 Å². The zero-order chi connectivity index (χ0) is 20.6. The molecule has 0 aliphatic heterocycles. The minimum atomic E-state index is -3.81. The van der Waals surface area contributed by atoms with Crippen LogP contribution in [-0.2, 0) is 10.0 Å². The molecule has 0 unspecified atom stereocenters. The number of hydrogen-bond donors (Lipinski definition) is 3. The normalized spacial score (nSPS) is 11.6. The summed E-state index contributed by atoms with van der Waals surface area (Å²) in [4.78, 5) is 18.4. The third kappa shape index (κ3) is 3.89. The van der Waals surface area contributed by atoms with Crippen LogP contribution in [-0.4, -0.2) is 42.4 Å². The van der Waals surface area contributed by atoms with Crippen molar-refractivity contribution in [3.8, 4) is 11.3 Å². The molecule has 0 fully saturated rings. The molecule has 0 aliphatic carbocycles. The maximum atomic E-state index is 11.6. The van der Waals surface area contributed by atoms with E-state index in [0.29, 0.717) is 28.5 Å². The van der Waals surface area contributed by atoms with Gasteiger partial charge in [-0.25, -0.2) is 23.5 Å². The van der Waals surface area contributed by atoms with Crippen molar-refractivity contribution in [2.24, 2.45) is 5.14 Å². The first-order chi connectivity index (χ1) is 13.8. The van der Waals surface area contributed by atoms with Gasteiger partial charge >= 0.3 is 0 Å². The van der Waals surface area contributed by atoms with Crippen molar-refractivity contribution < 1.29 is 8.42 Å². The number of benzene rings is 2.